The van der Waals surface area contributed by atoms with Gasteiger partial charge in [0.05, 0.1) is 5.69 Å². The van der Waals surface area contributed by atoms with Gasteiger partial charge in [-0.3, -0.25) is 4.68 Å². The SMILES string of the molecule is Cc1nn(C)cc1CNC(=O)NC(CC(C)C)C(=O)O. The molecular weight excluding hydrogens is 260 g/mol. The molecule has 0 spiro atoms. The lowest BCUT2D eigenvalue weighted by Gasteiger charge is -2.16. The van der Waals surface area contributed by atoms with Gasteiger partial charge in [0.25, 0.3) is 0 Å². The predicted octanol–water partition coefficient (Wildman–Crippen LogP) is 1.03. The van der Waals surface area contributed by atoms with Gasteiger partial charge in [0.2, 0.25) is 0 Å². The highest BCUT2D eigenvalue weighted by atomic mass is 16.4. The van der Waals surface area contributed by atoms with E-state index < -0.39 is 18.0 Å². The molecule has 0 fully saturated rings. The third-order valence-electron chi connectivity index (χ3n) is 2.87. The molecule has 0 aliphatic carbocycles. The summed E-state index contributed by atoms with van der Waals surface area (Å²) < 4.78 is 1.67. The number of carboxylic acids is 1. The number of rotatable bonds is 6. The van der Waals surface area contributed by atoms with Crippen molar-refractivity contribution < 1.29 is 14.7 Å². The summed E-state index contributed by atoms with van der Waals surface area (Å²) >= 11 is 0. The number of aromatic nitrogens is 2. The second kappa shape index (κ2) is 6.93. The van der Waals surface area contributed by atoms with Gasteiger partial charge in [-0.2, -0.15) is 5.10 Å². The quantitative estimate of drug-likeness (QED) is 0.726. The summed E-state index contributed by atoms with van der Waals surface area (Å²) in [6.45, 7) is 6.00. The van der Waals surface area contributed by atoms with Gasteiger partial charge < -0.3 is 15.7 Å². The number of carbonyl (C=O) groups excluding carboxylic acids is 1. The van der Waals surface area contributed by atoms with Crippen LogP contribution < -0.4 is 10.6 Å². The van der Waals surface area contributed by atoms with Crippen molar-refractivity contribution in [2.45, 2.75) is 39.8 Å². The van der Waals surface area contributed by atoms with Crippen LogP contribution in [0.4, 0.5) is 4.79 Å². The Balaban J connectivity index is 2.50. The number of aliphatic carboxylic acids is 1. The van der Waals surface area contributed by atoms with Gasteiger partial charge in [0.1, 0.15) is 6.04 Å². The molecular formula is C13H22N4O3. The summed E-state index contributed by atoms with van der Waals surface area (Å²) in [5.41, 5.74) is 1.74. The maximum Gasteiger partial charge on any atom is 0.326 e. The molecule has 0 radical (unpaired) electrons. The van der Waals surface area contributed by atoms with Crippen LogP contribution in [-0.4, -0.2) is 32.9 Å². The minimum absolute atomic E-state index is 0.192. The van der Waals surface area contributed by atoms with Gasteiger partial charge in [0.15, 0.2) is 0 Å². The number of urea groups is 1. The maximum atomic E-state index is 11.7. The molecule has 0 aromatic carbocycles. The molecule has 112 valence electrons. The molecule has 1 heterocycles. The summed E-state index contributed by atoms with van der Waals surface area (Å²) in [6.07, 6.45) is 2.22. The maximum absolute atomic E-state index is 11.7. The molecule has 3 N–H and O–H groups in total. The van der Waals surface area contributed by atoms with Crippen molar-refractivity contribution in [1.82, 2.24) is 20.4 Å². The van der Waals surface area contributed by atoms with Crippen molar-refractivity contribution >= 4 is 12.0 Å². The molecule has 1 aromatic heterocycles. The number of nitrogens with zero attached hydrogens (tertiary/aromatic N) is 2. The zero-order valence-electron chi connectivity index (χ0n) is 12.3. The number of hydrogen-bond donors (Lipinski definition) is 3. The highest BCUT2D eigenvalue weighted by Gasteiger charge is 2.20. The standard InChI is InChI=1S/C13H22N4O3/c1-8(2)5-11(12(18)19)15-13(20)14-6-10-7-17(4)16-9(10)3/h7-8,11H,5-6H2,1-4H3,(H,18,19)(H2,14,15,20). The van der Waals surface area contributed by atoms with Crippen LogP contribution in [0.25, 0.3) is 0 Å². The van der Waals surface area contributed by atoms with Gasteiger partial charge in [-0.1, -0.05) is 13.8 Å². The van der Waals surface area contributed by atoms with E-state index in [1.54, 1.807) is 11.7 Å². The van der Waals surface area contributed by atoms with Crippen LogP contribution in [-0.2, 0) is 18.4 Å². The third-order valence-corrected chi connectivity index (χ3v) is 2.87. The van der Waals surface area contributed by atoms with E-state index in [2.05, 4.69) is 15.7 Å². The van der Waals surface area contributed by atoms with Gasteiger partial charge in [0, 0.05) is 25.4 Å². The van der Waals surface area contributed by atoms with Crippen molar-refractivity contribution in [3.05, 3.63) is 17.5 Å². The molecule has 2 amide bonds. The Morgan fingerprint density at radius 2 is 2.10 bits per heavy atom. The predicted molar refractivity (Wildman–Crippen MR) is 74.2 cm³/mol. The first-order valence-corrected chi connectivity index (χ1v) is 6.56. The van der Waals surface area contributed by atoms with E-state index in [-0.39, 0.29) is 5.92 Å². The monoisotopic (exact) mass is 282 g/mol. The average Bonchev–Trinajstić information content (AvgIpc) is 2.63. The Bertz CT molecular complexity index is 482. The topological polar surface area (TPSA) is 96.3 Å². The first kappa shape index (κ1) is 16.0. The molecule has 0 bridgehead atoms. The van der Waals surface area contributed by atoms with Crippen LogP contribution in [0, 0.1) is 12.8 Å². The van der Waals surface area contributed by atoms with Crippen molar-refractivity contribution in [2.75, 3.05) is 0 Å². The largest absolute Gasteiger partial charge is 0.480 e. The van der Waals surface area contributed by atoms with Crippen molar-refractivity contribution in [1.29, 1.82) is 0 Å². The van der Waals surface area contributed by atoms with Crippen molar-refractivity contribution in [3.8, 4) is 0 Å². The first-order valence-electron chi connectivity index (χ1n) is 6.56. The highest BCUT2D eigenvalue weighted by molar-refractivity contribution is 5.82. The van der Waals surface area contributed by atoms with E-state index in [4.69, 9.17) is 5.11 Å². The molecule has 1 rings (SSSR count). The van der Waals surface area contributed by atoms with Crippen molar-refractivity contribution in [2.24, 2.45) is 13.0 Å². The Kier molecular flexibility index (Phi) is 5.54. The second-order valence-corrected chi connectivity index (χ2v) is 5.26. The van der Waals surface area contributed by atoms with Gasteiger partial charge in [-0.05, 0) is 19.3 Å². The highest BCUT2D eigenvalue weighted by Crippen LogP contribution is 2.06. The first-order chi connectivity index (χ1) is 9.29. The van der Waals surface area contributed by atoms with E-state index in [1.165, 1.54) is 0 Å². The normalized spacial score (nSPS) is 12.2. The van der Waals surface area contributed by atoms with Crippen LogP contribution in [0.15, 0.2) is 6.20 Å². The summed E-state index contributed by atoms with van der Waals surface area (Å²) in [6, 6.07) is -1.36. The van der Waals surface area contributed by atoms with Crippen LogP contribution in [0.2, 0.25) is 0 Å². The summed E-state index contributed by atoms with van der Waals surface area (Å²) in [5, 5.41) is 18.3. The fourth-order valence-electron chi connectivity index (χ4n) is 1.90. The van der Waals surface area contributed by atoms with E-state index in [0.717, 1.165) is 11.3 Å². The van der Waals surface area contributed by atoms with Crippen LogP contribution in [0.3, 0.4) is 0 Å². The molecule has 7 nitrogen and oxygen atoms in total. The van der Waals surface area contributed by atoms with Crippen LogP contribution in [0.5, 0.6) is 0 Å². The molecule has 0 saturated carbocycles. The number of amides is 2. The molecule has 0 aliphatic rings. The molecule has 7 heteroatoms. The fraction of sp³-hybridized carbons (Fsp3) is 0.615. The van der Waals surface area contributed by atoms with Crippen molar-refractivity contribution in [3.63, 3.8) is 0 Å². The molecule has 0 aliphatic heterocycles. The smallest absolute Gasteiger partial charge is 0.326 e. The number of carbonyl (C=O) groups is 2. The summed E-state index contributed by atoms with van der Waals surface area (Å²) in [4.78, 5) is 22.8. The van der Waals surface area contributed by atoms with Gasteiger partial charge in [-0.15, -0.1) is 0 Å². The lowest BCUT2D eigenvalue weighted by molar-refractivity contribution is -0.139. The minimum atomic E-state index is -1.02. The Labute approximate surface area is 118 Å². The molecule has 1 aromatic rings. The third kappa shape index (κ3) is 4.91. The number of carboxylic acid groups (broad SMARTS) is 1. The fourth-order valence-corrected chi connectivity index (χ4v) is 1.90. The van der Waals surface area contributed by atoms with Gasteiger partial charge in [-0.25, -0.2) is 9.59 Å². The summed E-state index contributed by atoms with van der Waals surface area (Å²) in [5.74, 6) is -0.830. The second-order valence-electron chi connectivity index (χ2n) is 5.26. The van der Waals surface area contributed by atoms with Gasteiger partial charge >= 0.3 is 12.0 Å². The van der Waals surface area contributed by atoms with E-state index >= 15 is 0 Å². The number of aryl methyl sites for hydroxylation is 2. The van der Waals surface area contributed by atoms with E-state index in [9.17, 15) is 9.59 Å². The zero-order chi connectivity index (χ0) is 15.3. The molecule has 1 atom stereocenters. The van der Waals surface area contributed by atoms with Crippen LogP contribution >= 0.6 is 0 Å². The molecule has 0 saturated heterocycles. The Morgan fingerprint density at radius 3 is 2.55 bits per heavy atom. The molecule has 20 heavy (non-hydrogen) atoms. The van der Waals surface area contributed by atoms with Crippen LogP contribution in [0.1, 0.15) is 31.5 Å². The Hall–Kier alpha value is -2.05. The van der Waals surface area contributed by atoms with E-state index in [0.29, 0.717) is 13.0 Å². The molecule has 1 unspecified atom stereocenters. The number of hydrogen-bond acceptors (Lipinski definition) is 3. The lowest BCUT2D eigenvalue weighted by Crippen LogP contribution is -2.46. The number of nitrogens with one attached hydrogen (secondary N) is 2. The summed E-state index contributed by atoms with van der Waals surface area (Å²) in [7, 11) is 1.81. The lowest BCUT2D eigenvalue weighted by atomic mass is 10.0. The zero-order valence-corrected chi connectivity index (χ0v) is 12.3. The average molecular weight is 282 g/mol. The Morgan fingerprint density at radius 1 is 1.45 bits per heavy atom. The van der Waals surface area contributed by atoms with E-state index in [1.807, 2.05) is 27.0 Å². The minimum Gasteiger partial charge on any atom is -0.480 e.